The Kier molecular flexibility index (Phi) is 5.24. The Balaban J connectivity index is 1.84. The van der Waals surface area contributed by atoms with Crippen LogP contribution in [0.3, 0.4) is 0 Å². The van der Waals surface area contributed by atoms with Gasteiger partial charge in [-0.25, -0.2) is 9.18 Å². The van der Waals surface area contributed by atoms with Crippen LogP contribution in [0.1, 0.15) is 39.0 Å². The number of halogens is 2. The molecular formula is C15H20ClFN2O. The molecule has 1 aromatic carbocycles. The van der Waals surface area contributed by atoms with Gasteiger partial charge in [0.25, 0.3) is 0 Å². The van der Waals surface area contributed by atoms with E-state index in [1.807, 2.05) is 0 Å². The first-order chi connectivity index (χ1) is 9.58. The molecule has 1 fully saturated rings. The van der Waals surface area contributed by atoms with E-state index in [2.05, 4.69) is 17.6 Å². The molecule has 0 bridgehead atoms. The number of benzene rings is 1. The van der Waals surface area contributed by atoms with Crippen LogP contribution >= 0.6 is 11.6 Å². The average molecular weight is 299 g/mol. The van der Waals surface area contributed by atoms with E-state index in [9.17, 15) is 9.18 Å². The lowest BCUT2D eigenvalue weighted by molar-refractivity contribution is 0.237. The molecule has 0 aliphatic heterocycles. The summed E-state index contributed by atoms with van der Waals surface area (Å²) in [5.41, 5.74) is 0.147. The number of nitrogens with one attached hydrogen (secondary N) is 2. The van der Waals surface area contributed by atoms with Gasteiger partial charge in [0, 0.05) is 11.1 Å². The maximum atomic E-state index is 13.6. The fourth-order valence-electron chi connectivity index (χ4n) is 2.65. The number of hydrogen-bond acceptors (Lipinski definition) is 1. The first-order valence-electron chi connectivity index (χ1n) is 7.11. The predicted octanol–water partition coefficient (Wildman–Crippen LogP) is 4.57. The summed E-state index contributed by atoms with van der Waals surface area (Å²) in [6.07, 6.45) is 5.49. The van der Waals surface area contributed by atoms with Crippen LogP contribution in [0, 0.1) is 11.7 Å². The highest BCUT2D eigenvalue weighted by Crippen LogP contribution is 2.26. The summed E-state index contributed by atoms with van der Waals surface area (Å²) < 4.78 is 13.6. The molecule has 2 rings (SSSR count). The van der Waals surface area contributed by atoms with Crippen molar-refractivity contribution in [1.82, 2.24) is 5.32 Å². The zero-order chi connectivity index (χ0) is 14.5. The van der Waals surface area contributed by atoms with Crippen LogP contribution in [0.5, 0.6) is 0 Å². The Morgan fingerprint density at radius 3 is 2.65 bits per heavy atom. The molecule has 1 aliphatic carbocycles. The maximum Gasteiger partial charge on any atom is 0.319 e. The van der Waals surface area contributed by atoms with Crippen molar-refractivity contribution in [2.75, 3.05) is 5.32 Å². The molecule has 1 aromatic rings. The summed E-state index contributed by atoms with van der Waals surface area (Å²) in [7, 11) is 0. The number of carbonyl (C=O) groups excluding carboxylic acids is 1. The molecule has 3 nitrogen and oxygen atoms in total. The van der Waals surface area contributed by atoms with Gasteiger partial charge in [0.2, 0.25) is 0 Å². The highest BCUT2D eigenvalue weighted by atomic mass is 35.5. The molecule has 0 saturated heterocycles. The van der Waals surface area contributed by atoms with Gasteiger partial charge < -0.3 is 10.6 Å². The van der Waals surface area contributed by atoms with E-state index in [-0.39, 0.29) is 17.8 Å². The van der Waals surface area contributed by atoms with Crippen molar-refractivity contribution in [2.45, 2.75) is 45.1 Å². The van der Waals surface area contributed by atoms with Crippen LogP contribution in [0.25, 0.3) is 0 Å². The Morgan fingerprint density at radius 2 is 2.05 bits per heavy atom. The molecule has 0 aromatic heterocycles. The lowest BCUT2D eigenvalue weighted by Crippen LogP contribution is -2.40. The maximum absolute atomic E-state index is 13.6. The molecule has 0 unspecified atom stereocenters. The SMILES string of the molecule is CCC1CCC(NC(=O)Nc2ccc(Cl)cc2F)CC1. The molecule has 0 heterocycles. The fraction of sp³-hybridized carbons (Fsp3) is 0.533. The number of carbonyl (C=O) groups is 1. The Bertz CT molecular complexity index is 473. The summed E-state index contributed by atoms with van der Waals surface area (Å²) in [6.45, 7) is 2.20. The van der Waals surface area contributed by atoms with E-state index in [0.717, 1.165) is 31.6 Å². The lowest BCUT2D eigenvalue weighted by atomic mass is 9.85. The summed E-state index contributed by atoms with van der Waals surface area (Å²) in [5.74, 6) is 0.257. The monoisotopic (exact) mass is 298 g/mol. The summed E-state index contributed by atoms with van der Waals surface area (Å²) >= 11 is 5.67. The fourth-order valence-corrected chi connectivity index (χ4v) is 2.81. The molecule has 1 saturated carbocycles. The van der Waals surface area contributed by atoms with Gasteiger partial charge in [0.15, 0.2) is 0 Å². The molecule has 0 spiro atoms. The molecule has 2 N–H and O–H groups in total. The van der Waals surface area contributed by atoms with Gasteiger partial charge in [-0.2, -0.15) is 0 Å². The summed E-state index contributed by atoms with van der Waals surface area (Å²) in [6, 6.07) is 4.03. The molecule has 1 aliphatic rings. The van der Waals surface area contributed by atoms with Crippen molar-refractivity contribution in [3.05, 3.63) is 29.0 Å². The van der Waals surface area contributed by atoms with Crippen LogP contribution < -0.4 is 10.6 Å². The third-order valence-corrected chi connectivity index (χ3v) is 4.17. The predicted molar refractivity (Wildman–Crippen MR) is 79.6 cm³/mol. The van der Waals surface area contributed by atoms with Crippen LogP contribution in [-0.2, 0) is 0 Å². The molecule has 110 valence electrons. The molecule has 20 heavy (non-hydrogen) atoms. The summed E-state index contributed by atoms with van der Waals surface area (Å²) in [4.78, 5) is 11.8. The van der Waals surface area contributed by atoms with Crippen molar-refractivity contribution in [3.63, 3.8) is 0 Å². The van der Waals surface area contributed by atoms with Crippen LogP contribution in [0.15, 0.2) is 18.2 Å². The summed E-state index contributed by atoms with van der Waals surface area (Å²) in [5, 5.41) is 5.74. The standard InChI is InChI=1S/C15H20ClFN2O/c1-2-10-3-6-12(7-4-10)18-15(20)19-14-8-5-11(16)9-13(14)17/h5,8-10,12H,2-4,6-7H2,1H3,(H2,18,19,20). The Morgan fingerprint density at radius 1 is 1.35 bits per heavy atom. The van der Waals surface area contributed by atoms with E-state index < -0.39 is 5.82 Å². The van der Waals surface area contributed by atoms with Gasteiger partial charge in [-0.1, -0.05) is 24.9 Å². The highest BCUT2D eigenvalue weighted by Gasteiger charge is 2.21. The third-order valence-electron chi connectivity index (χ3n) is 3.94. The van der Waals surface area contributed by atoms with E-state index in [0.29, 0.717) is 5.02 Å². The van der Waals surface area contributed by atoms with Crippen molar-refractivity contribution in [2.24, 2.45) is 5.92 Å². The number of urea groups is 1. The van der Waals surface area contributed by atoms with E-state index in [1.54, 1.807) is 6.07 Å². The smallest absolute Gasteiger partial charge is 0.319 e. The minimum Gasteiger partial charge on any atom is -0.335 e. The molecule has 5 heteroatoms. The zero-order valence-electron chi connectivity index (χ0n) is 11.6. The van der Waals surface area contributed by atoms with Gasteiger partial charge >= 0.3 is 6.03 Å². The minimum absolute atomic E-state index is 0.147. The first-order valence-corrected chi connectivity index (χ1v) is 7.49. The number of anilines is 1. The minimum atomic E-state index is -0.526. The zero-order valence-corrected chi connectivity index (χ0v) is 12.3. The largest absolute Gasteiger partial charge is 0.335 e. The van der Waals surface area contributed by atoms with Crippen LogP contribution in [0.4, 0.5) is 14.9 Å². The second-order valence-electron chi connectivity index (χ2n) is 5.35. The first kappa shape index (κ1) is 15.1. The Hall–Kier alpha value is -1.29. The number of rotatable bonds is 3. The van der Waals surface area contributed by atoms with Gasteiger partial charge in [-0.05, 0) is 49.8 Å². The van der Waals surface area contributed by atoms with E-state index >= 15 is 0 Å². The number of hydrogen-bond donors (Lipinski definition) is 2. The van der Waals surface area contributed by atoms with Crippen molar-refractivity contribution in [3.8, 4) is 0 Å². The normalized spacial score (nSPS) is 22.4. The van der Waals surface area contributed by atoms with Gasteiger partial charge in [-0.3, -0.25) is 0 Å². The topological polar surface area (TPSA) is 41.1 Å². The molecule has 0 atom stereocenters. The Labute approximate surface area is 123 Å². The van der Waals surface area contributed by atoms with Crippen molar-refractivity contribution in [1.29, 1.82) is 0 Å². The molecule has 0 radical (unpaired) electrons. The van der Waals surface area contributed by atoms with Gasteiger partial charge in [0.05, 0.1) is 5.69 Å². The highest BCUT2D eigenvalue weighted by molar-refractivity contribution is 6.30. The quantitative estimate of drug-likeness (QED) is 0.843. The van der Waals surface area contributed by atoms with E-state index in [1.165, 1.54) is 18.6 Å². The van der Waals surface area contributed by atoms with Gasteiger partial charge in [0.1, 0.15) is 5.82 Å². The third kappa shape index (κ3) is 4.10. The molecule has 2 amide bonds. The van der Waals surface area contributed by atoms with Crippen LogP contribution in [-0.4, -0.2) is 12.1 Å². The second kappa shape index (κ2) is 6.93. The second-order valence-corrected chi connectivity index (χ2v) is 5.78. The van der Waals surface area contributed by atoms with Crippen molar-refractivity contribution < 1.29 is 9.18 Å². The van der Waals surface area contributed by atoms with Crippen LogP contribution in [0.2, 0.25) is 5.02 Å². The lowest BCUT2D eigenvalue weighted by Gasteiger charge is -2.28. The number of amides is 2. The van der Waals surface area contributed by atoms with E-state index in [4.69, 9.17) is 11.6 Å². The average Bonchev–Trinajstić information content (AvgIpc) is 2.43. The molecular weight excluding hydrogens is 279 g/mol. The van der Waals surface area contributed by atoms with Crippen molar-refractivity contribution >= 4 is 23.3 Å². The van der Waals surface area contributed by atoms with Gasteiger partial charge in [-0.15, -0.1) is 0 Å².